The van der Waals surface area contributed by atoms with Gasteiger partial charge >= 0.3 is 5.69 Å². The Morgan fingerprint density at radius 3 is 1.50 bits per heavy atom. The van der Waals surface area contributed by atoms with Gasteiger partial charge in [0.2, 0.25) is 0 Å². The molecule has 0 saturated heterocycles. The van der Waals surface area contributed by atoms with Gasteiger partial charge in [0.15, 0.2) is 0 Å². The smallest absolute Gasteiger partial charge is 0.273 e. The van der Waals surface area contributed by atoms with Crippen LogP contribution in [0.4, 0.5) is 0 Å². The topological polar surface area (TPSA) is 39.8 Å². The molecule has 0 atom stereocenters. The normalized spacial score (nSPS) is 14.1. The monoisotopic (exact) mass is 253 g/mol. The summed E-state index contributed by atoms with van der Waals surface area (Å²) in [7, 11) is 0. The van der Waals surface area contributed by atoms with Crippen LogP contribution in [-0.2, 0) is 16.5 Å². The van der Waals surface area contributed by atoms with Crippen molar-refractivity contribution in [2.75, 3.05) is 0 Å². The molecule has 4 heteroatoms. The summed E-state index contributed by atoms with van der Waals surface area (Å²) in [6.07, 6.45) is 0. The summed E-state index contributed by atoms with van der Waals surface area (Å²) >= 11 is 0. The van der Waals surface area contributed by atoms with Gasteiger partial charge in [0.1, 0.15) is 5.82 Å². The molecule has 0 unspecified atom stereocenters. The van der Waals surface area contributed by atoms with Gasteiger partial charge in [-0.3, -0.25) is 4.57 Å². The molecule has 0 radical (unpaired) electrons. The molecule has 1 rings (SSSR count). The SMILES string of the molecule is CC(C)(C)c1nn(C(C)(C)C)c(=O)n1C(C)(C)C. The summed E-state index contributed by atoms with van der Waals surface area (Å²) in [5, 5.41) is 4.59. The van der Waals surface area contributed by atoms with Crippen molar-refractivity contribution < 1.29 is 0 Å². The van der Waals surface area contributed by atoms with Crippen LogP contribution in [0.1, 0.15) is 68.1 Å². The Hall–Kier alpha value is -1.06. The lowest BCUT2D eigenvalue weighted by molar-refractivity contribution is 0.322. The molecule has 104 valence electrons. The molecular formula is C14H27N3O. The van der Waals surface area contributed by atoms with Crippen molar-refractivity contribution in [1.29, 1.82) is 0 Å². The second-order valence-corrected chi connectivity index (χ2v) is 7.95. The Morgan fingerprint density at radius 1 is 0.833 bits per heavy atom. The Kier molecular flexibility index (Phi) is 3.31. The van der Waals surface area contributed by atoms with E-state index in [2.05, 4.69) is 25.9 Å². The molecule has 0 aliphatic rings. The van der Waals surface area contributed by atoms with Crippen molar-refractivity contribution in [1.82, 2.24) is 14.3 Å². The number of hydrogen-bond acceptors (Lipinski definition) is 2. The summed E-state index contributed by atoms with van der Waals surface area (Å²) < 4.78 is 3.41. The van der Waals surface area contributed by atoms with E-state index < -0.39 is 0 Å². The Bertz CT molecular complexity index is 487. The fourth-order valence-corrected chi connectivity index (χ4v) is 1.89. The van der Waals surface area contributed by atoms with Gasteiger partial charge < -0.3 is 0 Å². The molecule has 1 heterocycles. The zero-order valence-corrected chi connectivity index (χ0v) is 13.2. The van der Waals surface area contributed by atoms with E-state index in [1.165, 1.54) is 0 Å². The maximum absolute atomic E-state index is 12.6. The zero-order valence-electron chi connectivity index (χ0n) is 13.2. The molecule has 0 amide bonds. The summed E-state index contributed by atoms with van der Waals surface area (Å²) in [6.45, 7) is 18.4. The van der Waals surface area contributed by atoms with Crippen LogP contribution in [0.25, 0.3) is 0 Å². The van der Waals surface area contributed by atoms with Gasteiger partial charge in [0.25, 0.3) is 0 Å². The lowest BCUT2D eigenvalue weighted by atomic mass is 9.94. The lowest BCUT2D eigenvalue weighted by Gasteiger charge is -2.26. The van der Waals surface area contributed by atoms with Crippen LogP contribution >= 0.6 is 0 Å². The van der Waals surface area contributed by atoms with Crippen LogP contribution in [0.2, 0.25) is 0 Å². The van der Waals surface area contributed by atoms with Gasteiger partial charge in [0, 0.05) is 11.0 Å². The highest BCUT2D eigenvalue weighted by Gasteiger charge is 2.32. The average Bonchev–Trinajstić information content (AvgIpc) is 2.39. The number of rotatable bonds is 0. The van der Waals surface area contributed by atoms with E-state index in [0.717, 1.165) is 5.82 Å². The minimum absolute atomic E-state index is 0.0278. The minimum atomic E-state index is -0.298. The van der Waals surface area contributed by atoms with Crippen molar-refractivity contribution in [2.45, 2.75) is 78.8 Å². The first-order chi connectivity index (χ1) is 7.76. The van der Waals surface area contributed by atoms with Crippen LogP contribution < -0.4 is 5.69 Å². The van der Waals surface area contributed by atoms with E-state index in [-0.39, 0.29) is 22.2 Å². The van der Waals surface area contributed by atoms with E-state index in [9.17, 15) is 4.79 Å². The van der Waals surface area contributed by atoms with E-state index in [4.69, 9.17) is 0 Å². The first kappa shape index (κ1) is 15.0. The maximum Gasteiger partial charge on any atom is 0.346 e. The van der Waals surface area contributed by atoms with Crippen molar-refractivity contribution in [2.24, 2.45) is 0 Å². The molecule has 1 aromatic rings. The Morgan fingerprint density at radius 2 is 1.28 bits per heavy atom. The Labute approximate surface area is 110 Å². The van der Waals surface area contributed by atoms with Gasteiger partial charge in [-0.15, -0.1) is 0 Å². The van der Waals surface area contributed by atoms with Gasteiger partial charge in [-0.25, -0.2) is 9.48 Å². The van der Waals surface area contributed by atoms with E-state index >= 15 is 0 Å². The summed E-state index contributed by atoms with van der Waals surface area (Å²) in [5.41, 5.74) is -0.736. The highest BCUT2D eigenvalue weighted by molar-refractivity contribution is 5.06. The molecule has 1 aromatic heterocycles. The molecule has 0 aliphatic carbocycles. The molecular weight excluding hydrogens is 226 g/mol. The fourth-order valence-electron chi connectivity index (χ4n) is 1.89. The quantitative estimate of drug-likeness (QED) is 0.713. The second-order valence-electron chi connectivity index (χ2n) is 7.95. The molecule has 0 N–H and O–H groups in total. The third-order valence-corrected chi connectivity index (χ3v) is 2.76. The van der Waals surface area contributed by atoms with Crippen LogP contribution in [0.5, 0.6) is 0 Å². The standard InChI is InChI=1S/C14H27N3O/c1-12(2,3)10-15-17(14(7,8)9)11(18)16(10)13(4,5)6/h1-9H3. The number of aromatic nitrogens is 3. The maximum atomic E-state index is 12.6. The van der Waals surface area contributed by atoms with Gasteiger partial charge in [-0.1, -0.05) is 20.8 Å². The van der Waals surface area contributed by atoms with Gasteiger partial charge in [-0.05, 0) is 41.5 Å². The number of hydrogen-bond donors (Lipinski definition) is 0. The van der Waals surface area contributed by atoms with Crippen LogP contribution in [0.3, 0.4) is 0 Å². The largest absolute Gasteiger partial charge is 0.346 e. The summed E-state index contributed by atoms with van der Waals surface area (Å²) in [4.78, 5) is 12.6. The highest BCUT2D eigenvalue weighted by atomic mass is 16.2. The fraction of sp³-hybridized carbons (Fsp3) is 0.857. The Balaban J connectivity index is 3.69. The molecule has 0 aromatic carbocycles. The molecule has 0 bridgehead atoms. The molecule has 18 heavy (non-hydrogen) atoms. The van der Waals surface area contributed by atoms with Crippen LogP contribution in [0, 0.1) is 0 Å². The molecule has 0 fully saturated rings. The molecule has 4 nitrogen and oxygen atoms in total. The third kappa shape index (κ3) is 2.68. The second kappa shape index (κ2) is 3.97. The number of nitrogens with zero attached hydrogens (tertiary/aromatic N) is 3. The molecule has 0 saturated carbocycles. The van der Waals surface area contributed by atoms with E-state index in [0.29, 0.717) is 0 Å². The summed E-state index contributed by atoms with van der Waals surface area (Å²) in [6, 6.07) is 0. The first-order valence-electron chi connectivity index (χ1n) is 6.50. The van der Waals surface area contributed by atoms with E-state index in [1.807, 2.05) is 46.1 Å². The van der Waals surface area contributed by atoms with Crippen molar-refractivity contribution in [3.63, 3.8) is 0 Å². The molecule has 0 aliphatic heterocycles. The minimum Gasteiger partial charge on any atom is -0.273 e. The third-order valence-electron chi connectivity index (χ3n) is 2.76. The molecule has 0 spiro atoms. The van der Waals surface area contributed by atoms with Crippen molar-refractivity contribution in [3.05, 3.63) is 16.3 Å². The van der Waals surface area contributed by atoms with Crippen LogP contribution in [-0.4, -0.2) is 14.3 Å². The predicted molar refractivity (Wildman–Crippen MR) is 75.2 cm³/mol. The zero-order chi connectivity index (χ0) is 14.5. The van der Waals surface area contributed by atoms with Crippen LogP contribution in [0.15, 0.2) is 4.79 Å². The van der Waals surface area contributed by atoms with E-state index in [1.54, 1.807) is 4.68 Å². The highest BCUT2D eigenvalue weighted by Crippen LogP contribution is 2.25. The van der Waals surface area contributed by atoms with Gasteiger partial charge in [0.05, 0.1) is 5.54 Å². The average molecular weight is 253 g/mol. The summed E-state index contributed by atoms with van der Waals surface area (Å²) in [5.74, 6) is 0.843. The lowest BCUT2D eigenvalue weighted by Crippen LogP contribution is -2.41. The van der Waals surface area contributed by atoms with Crippen molar-refractivity contribution >= 4 is 0 Å². The van der Waals surface area contributed by atoms with Gasteiger partial charge in [-0.2, -0.15) is 5.10 Å². The predicted octanol–water partition coefficient (Wildman–Crippen LogP) is 2.85. The first-order valence-corrected chi connectivity index (χ1v) is 6.50. The van der Waals surface area contributed by atoms with Crippen molar-refractivity contribution in [3.8, 4) is 0 Å².